The highest BCUT2D eigenvalue weighted by atomic mass is 32.1. The predicted molar refractivity (Wildman–Crippen MR) is 150 cm³/mol. The van der Waals surface area contributed by atoms with Gasteiger partial charge in [-0.3, -0.25) is 0 Å². The molecule has 0 saturated carbocycles. The van der Waals surface area contributed by atoms with E-state index in [1.165, 1.54) is 23.5 Å². The van der Waals surface area contributed by atoms with Crippen LogP contribution in [0.15, 0.2) is 71.3 Å². The number of aromatic nitrogens is 3. The van der Waals surface area contributed by atoms with Crippen LogP contribution in [0, 0.1) is 5.82 Å². The Balaban J connectivity index is 1.19. The molecule has 3 aromatic carbocycles. The number of ether oxygens (including phenoxy) is 4. The number of imidazole rings is 1. The highest BCUT2D eigenvalue weighted by Crippen LogP contribution is 2.38. The summed E-state index contributed by atoms with van der Waals surface area (Å²) in [5.41, 5.74) is 1.86. The van der Waals surface area contributed by atoms with E-state index in [2.05, 4.69) is 10.1 Å². The molecule has 0 N–H and O–H groups in total. The van der Waals surface area contributed by atoms with Gasteiger partial charge in [-0.2, -0.15) is 0 Å². The van der Waals surface area contributed by atoms with Gasteiger partial charge in [0.15, 0.2) is 5.76 Å². The van der Waals surface area contributed by atoms with Gasteiger partial charge in [0, 0.05) is 24.6 Å². The van der Waals surface area contributed by atoms with Crippen molar-refractivity contribution in [3.05, 3.63) is 89.4 Å². The lowest BCUT2D eigenvalue weighted by Crippen LogP contribution is -2.09. The lowest BCUT2D eigenvalue weighted by molar-refractivity contribution is 0.0170. The number of halogens is 3. The molecular weight excluding hydrogens is 571 g/mol. The second kappa shape index (κ2) is 10.9. The molecule has 0 aliphatic heterocycles. The third-order valence-electron chi connectivity index (χ3n) is 6.42. The molecule has 0 unspecified atom stereocenters. The van der Waals surface area contributed by atoms with Crippen molar-refractivity contribution in [3.63, 3.8) is 0 Å². The van der Waals surface area contributed by atoms with E-state index >= 15 is 0 Å². The molecule has 0 radical (unpaired) electrons. The van der Waals surface area contributed by atoms with Crippen LogP contribution >= 0.6 is 11.3 Å². The van der Waals surface area contributed by atoms with Crippen LogP contribution in [0.4, 0.5) is 13.2 Å². The number of hydrogen-bond acceptors (Lipinski definition) is 8. The Labute approximate surface area is 241 Å². The molecule has 0 bridgehead atoms. The highest BCUT2D eigenvalue weighted by molar-refractivity contribution is 7.18. The van der Waals surface area contributed by atoms with E-state index in [4.69, 9.17) is 23.4 Å². The Hall–Kier alpha value is -4.71. The topological polar surface area (TPSA) is 80.2 Å². The SMILES string of the molecule is COc1cc(OCc2cccc(OCc3cc(F)cc(C(C)(F)F)c3)c2)c2cc(-c3cn4nc(OC)sc4n3)oc2c1. The number of furan rings is 1. The Morgan fingerprint density at radius 2 is 1.76 bits per heavy atom. The minimum Gasteiger partial charge on any atom is -0.496 e. The van der Waals surface area contributed by atoms with Crippen molar-refractivity contribution in [2.45, 2.75) is 26.1 Å². The van der Waals surface area contributed by atoms with Crippen LogP contribution in [0.5, 0.6) is 22.4 Å². The zero-order chi connectivity index (χ0) is 29.4. The quantitative estimate of drug-likeness (QED) is 0.161. The smallest absolute Gasteiger partial charge is 0.294 e. The van der Waals surface area contributed by atoms with Gasteiger partial charge in [-0.25, -0.2) is 22.7 Å². The summed E-state index contributed by atoms with van der Waals surface area (Å²) in [6.07, 6.45) is 1.76. The first-order valence-corrected chi connectivity index (χ1v) is 13.5. The predicted octanol–water partition coefficient (Wildman–Crippen LogP) is 7.63. The standard InChI is InChI=1S/C30H24F3N3O5S/c1-30(32,33)19-7-18(8-20(31)10-19)16-39-21-6-4-5-17(9-21)15-40-25-11-22(37-2)12-26-23(25)13-27(41-26)24-14-36-28(34-24)42-29(35-36)38-3/h4-14H,15-16H2,1-3H3. The largest absolute Gasteiger partial charge is 0.496 e. The number of nitrogens with zero attached hydrogens (tertiary/aromatic N) is 3. The van der Waals surface area contributed by atoms with E-state index in [1.54, 1.807) is 55.3 Å². The van der Waals surface area contributed by atoms with Crippen molar-refractivity contribution < 1.29 is 36.5 Å². The van der Waals surface area contributed by atoms with Gasteiger partial charge in [0.1, 0.15) is 47.6 Å². The molecule has 0 amide bonds. The van der Waals surface area contributed by atoms with Crippen LogP contribution < -0.4 is 18.9 Å². The molecule has 8 nitrogen and oxygen atoms in total. The first-order valence-electron chi connectivity index (χ1n) is 12.7. The number of benzene rings is 3. The number of rotatable bonds is 10. The second-order valence-corrected chi connectivity index (χ2v) is 10.5. The molecule has 0 aliphatic rings. The molecule has 0 spiro atoms. The molecule has 0 aliphatic carbocycles. The third-order valence-corrected chi connectivity index (χ3v) is 7.31. The monoisotopic (exact) mass is 595 g/mol. The molecule has 3 aromatic heterocycles. The number of methoxy groups -OCH3 is 2. The third kappa shape index (κ3) is 5.70. The van der Waals surface area contributed by atoms with E-state index in [0.29, 0.717) is 50.0 Å². The van der Waals surface area contributed by atoms with Crippen molar-refractivity contribution in [2.75, 3.05) is 14.2 Å². The van der Waals surface area contributed by atoms with Crippen LogP contribution in [0.2, 0.25) is 0 Å². The van der Waals surface area contributed by atoms with Gasteiger partial charge < -0.3 is 23.4 Å². The van der Waals surface area contributed by atoms with E-state index in [-0.39, 0.29) is 13.2 Å². The van der Waals surface area contributed by atoms with Crippen LogP contribution in [-0.2, 0) is 19.1 Å². The summed E-state index contributed by atoms with van der Waals surface area (Å²) in [5, 5.41) is 5.54. The summed E-state index contributed by atoms with van der Waals surface area (Å²) in [6.45, 7) is 0.842. The number of fused-ring (bicyclic) bond motifs is 2. The fraction of sp³-hybridized carbons (Fsp3) is 0.200. The van der Waals surface area contributed by atoms with Gasteiger partial charge in [-0.15, -0.1) is 5.10 Å². The van der Waals surface area contributed by atoms with Crippen molar-refractivity contribution in [2.24, 2.45) is 0 Å². The van der Waals surface area contributed by atoms with Crippen LogP contribution in [0.25, 0.3) is 27.4 Å². The van der Waals surface area contributed by atoms with Crippen LogP contribution in [-0.4, -0.2) is 28.8 Å². The fourth-order valence-electron chi connectivity index (χ4n) is 4.37. The van der Waals surface area contributed by atoms with Gasteiger partial charge in [-0.05, 0) is 58.9 Å². The number of hydrogen-bond donors (Lipinski definition) is 0. The first-order chi connectivity index (χ1) is 20.2. The highest BCUT2D eigenvalue weighted by Gasteiger charge is 2.25. The average molecular weight is 596 g/mol. The molecule has 216 valence electrons. The van der Waals surface area contributed by atoms with Gasteiger partial charge in [0.25, 0.3) is 11.1 Å². The second-order valence-electron chi connectivity index (χ2n) is 9.53. The van der Waals surface area contributed by atoms with Crippen LogP contribution in [0.1, 0.15) is 23.6 Å². The van der Waals surface area contributed by atoms with Crippen molar-refractivity contribution in [3.8, 4) is 33.9 Å². The van der Waals surface area contributed by atoms with Gasteiger partial charge in [0.05, 0.1) is 25.8 Å². The first kappa shape index (κ1) is 27.5. The summed E-state index contributed by atoms with van der Waals surface area (Å²) >= 11 is 1.32. The fourth-order valence-corrected chi connectivity index (χ4v) is 5.07. The molecule has 6 rings (SSSR count). The zero-order valence-corrected chi connectivity index (χ0v) is 23.5. The van der Waals surface area contributed by atoms with E-state index in [0.717, 1.165) is 23.9 Å². The van der Waals surface area contributed by atoms with Gasteiger partial charge >= 0.3 is 0 Å². The Bertz CT molecular complexity index is 1860. The van der Waals surface area contributed by atoms with E-state index in [1.807, 2.05) is 12.1 Å². The average Bonchev–Trinajstić information content (AvgIpc) is 3.67. The zero-order valence-electron chi connectivity index (χ0n) is 22.7. The van der Waals surface area contributed by atoms with Gasteiger partial charge in [0.2, 0.25) is 4.96 Å². The summed E-state index contributed by atoms with van der Waals surface area (Å²) < 4.78 is 71.6. The Morgan fingerprint density at radius 3 is 2.52 bits per heavy atom. The minimum atomic E-state index is -3.16. The molecular formula is C30H24F3N3O5S. The lowest BCUT2D eigenvalue weighted by Gasteiger charge is -2.14. The normalized spacial score (nSPS) is 11.8. The number of alkyl halides is 2. The van der Waals surface area contributed by atoms with E-state index in [9.17, 15) is 13.2 Å². The maximum Gasteiger partial charge on any atom is 0.294 e. The molecule has 3 heterocycles. The Morgan fingerprint density at radius 1 is 0.929 bits per heavy atom. The molecule has 12 heteroatoms. The van der Waals surface area contributed by atoms with Crippen molar-refractivity contribution in [1.29, 1.82) is 0 Å². The minimum absolute atomic E-state index is 0.0759. The molecule has 42 heavy (non-hydrogen) atoms. The lowest BCUT2D eigenvalue weighted by atomic mass is 10.1. The summed E-state index contributed by atoms with van der Waals surface area (Å²) in [6, 6.07) is 15.8. The maximum atomic E-state index is 13.9. The molecule has 0 fully saturated rings. The van der Waals surface area contributed by atoms with Gasteiger partial charge in [-0.1, -0.05) is 12.1 Å². The maximum absolute atomic E-state index is 13.9. The molecule has 0 atom stereocenters. The van der Waals surface area contributed by atoms with Crippen molar-refractivity contribution in [1.82, 2.24) is 14.6 Å². The molecule has 6 aromatic rings. The summed E-state index contributed by atoms with van der Waals surface area (Å²) in [5.74, 6) is -1.78. The van der Waals surface area contributed by atoms with Crippen molar-refractivity contribution >= 4 is 27.3 Å². The Kier molecular flexibility index (Phi) is 7.15. The van der Waals surface area contributed by atoms with Crippen LogP contribution in [0.3, 0.4) is 0 Å². The summed E-state index contributed by atoms with van der Waals surface area (Å²) in [7, 11) is 3.11. The van der Waals surface area contributed by atoms with E-state index < -0.39 is 17.3 Å². The molecule has 0 saturated heterocycles. The summed E-state index contributed by atoms with van der Waals surface area (Å²) in [4.78, 5) is 5.25.